The molecule has 2 aromatic rings. The number of carbonyl (C=O) groups is 1. The molecule has 6 heteroatoms. The van der Waals surface area contributed by atoms with Gasteiger partial charge in [0.05, 0.1) is 12.0 Å². The number of thiophene rings is 1. The maximum Gasteiger partial charge on any atom is 0.313 e. The van der Waals surface area contributed by atoms with Crippen LogP contribution >= 0.6 is 11.3 Å². The predicted molar refractivity (Wildman–Crippen MR) is 60.0 cm³/mol. The molecule has 0 saturated heterocycles. The number of hydrogen-bond acceptors (Lipinski definition) is 5. The van der Waals surface area contributed by atoms with E-state index in [-0.39, 0.29) is 12.4 Å². The van der Waals surface area contributed by atoms with Crippen LogP contribution in [0.4, 0.5) is 0 Å². The zero-order chi connectivity index (χ0) is 11.5. The molecule has 2 rings (SSSR count). The van der Waals surface area contributed by atoms with Crippen LogP contribution in [0.5, 0.6) is 0 Å². The molecule has 0 unspecified atom stereocenters. The average Bonchev–Trinajstić information content (AvgIpc) is 2.88. The molecule has 16 heavy (non-hydrogen) atoms. The molecule has 2 aromatic heterocycles. The quantitative estimate of drug-likeness (QED) is 0.754. The Balaban J connectivity index is 2.25. The Morgan fingerprint density at radius 2 is 2.44 bits per heavy atom. The molecule has 0 aliphatic heterocycles. The summed E-state index contributed by atoms with van der Waals surface area (Å²) >= 11 is 1.57. The number of aryl methyl sites for hydroxylation is 1. The van der Waals surface area contributed by atoms with Crippen LogP contribution in [0, 0.1) is 0 Å². The standard InChI is InChI=1S/C10H11N3O2S/c1-13-8(6-9(14)15-2)11-10(12-13)7-4-3-5-16-7/h3-5H,6H2,1-2H3. The minimum Gasteiger partial charge on any atom is -0.469 e. The van der Waals surface area contributed by atoms with Crippen LogP contribution in [0.25, 0.3) is 10.7 Å². The van der Waals surface area contributed by atoms with Crippen molar-refractivity contribution in [3.63, 3.8) is 0 Å². The summed E-state index contributed by atoms with van der Waals surface area (Å²) in [5, 5.41) is 6.21. The third kappa shape index (κ3) is 2.11. The minimum atomic E-state index is -0.312. The molecule has 0 aliphatic rings. The summed E-state index contributed by atoms with van der Waals surface area (Å²) in [7, 11) is 3.13. The fraction of sp³-hybridized carbons (Fsp3) is 0.300. The van der Waals surface area contributed by atoms with Crippen molar-refractivity contribution in [3.05, 3.63) is 23.3 Å². The summed E-state index contributed by atoms with van der Waals surface area (Å²) in [4.78, 5) is 16.4. The Bertz CT molecular complexity index is 490. The van der Waals surface area contributed by atoms with Gasteiger partial charge in [-0.15, -0.1) is 11.3 Å². The van der Waals surface area contributed by atoms with E-state index < -0.39 is 0 Å². The van der Waals surface area contributed by atoms with Crippen LogP contribution in [-0.2, 0) is 23.0 Å². The van der Waals surface area contributed by atoms with Gasteiger partial charge in [-0.05, 0) is 11.4 Å². The van der Waals surface area contributed by atoms with Crippen LogP contribution < -0.4 is 0 Å². The zero-order valence-electron chi connectivity index (χ0n) is 9.01. The van der Waals surface area contributed by atoms with Crippen molar-refractivity contribution >= 4 is 17.3 Å². The van der Waals surface area contributed by atoms with Gasteiger partial charge in [0, 0.05) is 7.05 Å². The van der Waals surface area contributed by atoms with E-state index in [4.69, 9.17) is 0 Å². The lowest BCUT2D eigenvalue weighted by Gasteiger charge is -1.97. The van der Waals surface area contributed by atoms with Gasteiger partial charge < -0.3 is 4.74 Å². The van der Waals surface area contributed by atoms with E-state index >= 15 is 0 Å². The van der Waals surface area contributed by atoms with Gasteiger partial charge in [0.25, 0.3) is 0 Å². The predicted octanol–water partition coefficient (Wildman–Crippen LogP) is 1.26. The SMILES string of the molecule is COC(=O)Cc1nc(-c2cccs2)nn1C. The van der Waals surface area contributed by atoms with Crippen LogP contribution in [-0.4, -0.2) is 27.8 Å². The van der Waals surface area contributed by atoms with E-state index in [1.807, 2.05) is 17.5 Å². The van der Waals surface area contributed by atoms with E-state index in [2.05, 4.69) is 14.8 Å². The number of nitrogens with zero attached hydrogens (tertiary/aromatic N) is 3. The van der Waals surface area contributed by atoms with E-state index in [1.54, 1.807) is 23.1 Å². The van der Waals surface area contributed by atoms with E-state index in [0.29, 0.717) is 11.6 Å². The van der Waals surface area contributed by atoms with Crippen molar-refractivity contribution in [2.75, 3.05) is 7.11 Å². The van der Waals surface area contributed by atoms with Gasteiger partial charge in [0.15, 0.2) is 5.82 Å². The lowest BCUT2D eigenvalue weighted by Crippen LogP contribution is -2.09. The molecule has 0 aromatic carbocycles. The first-order valence-electron chi connectivity index (χ1n) is 4.71. The van der Waals surface area contributed by atoms with Gasteiger partial charge in [-0.1, -0.05) is 6.07 Å². The normalized spacial score (nSPS) is 10.4. The number of esters is 1. The van der Waals surface area contributed by atoms with Gasteiger partial charge >= 0.3 is 5.97 Å². The maximum atomic E-state index is 11.1. The Morgan fingerprint density at radius 1 is 1.62 bits per heavy atom. The molecule has 0 spiro atoms. The summed E-state index contributed by atoms with van der Waals surface area (Å²) in [6.07, 6.45) is 0.144. The van der Waals surface area contributed by atoms with Crippen LogP contribution in [0.15, 0.2) is 17.5 Å². The second-order valence-electron chi connectivity index (χ2n) is 3.21. The van der Waals surface area contributed by atoms with Crippen LogP contribution in [0.3, 0.4) is 0 Å². The van der Waals surface area contributed by atoms with Crippen molar-refractivity contribution in [2.45, 2.75) is 6.42 Å². The van der Waals surface area contributed by atoms with Gasteiger partial charge in [-0.25, -0.2) is 4.98 Å². The Hall–Kier alpha value is -1.69. The largest absolute Gasteiger partial charge is 0.469 e. The monoisotopic (exact) mass is 237 g/mol. The summed E-state index contributed by atoms with van der Waals surface area (Å²) < 4.78 is 6.19. The van der Waals surface area contributed by atoms with E-state index in [0.717, 1.165) is 4.88 Å². The molecule has 0 amide bonds. The van der Waals surface area contributed by atoms with Crippen LogP contribution in [0.2, 0.25) is 0 Å². The first kappa shape index (κ1) is 10.8. The molecule has 0 atom stereocenters. The number of methoxy groups -OCH3 is 1. The zero-order valence-corrected chi connectivity index (χ0v) is 9.82. The van der Waals surface area contributed by atoms with E-state index in [1.165, 1.54) is 7.11 Å². The molecule has 84 valence electrons. The van der Waals surface area contributed by atoms with Gasteiger partial charge in [-0.3, -0.25) is 9.48 Å². The second-order valence-corrected chi connectivity index (χ2v) is 4.15. The van der Waals surface area contributed by atoms with Crippen molar-refractivity contribution in [1.82, 2.24) is 14.8 Å². The van der Waals surface area contributed by atoms with Crippen LogP contribution in [0.1, 0.15) is 5.82 Å². The molecule has 0 radical (unpaired) electrons. The van der Waals surface area contributed by atoms with Crippen molar-refractivity contribution in [1.29, 1.82) is 0 Å². The Labute approximate surface area is 96.7 Å². The summed E-state index contributed by atoms with van der Waals surface area (Å²) in [6, 6.07) is 3.89. The Morgan fingerprint density at radius 3 is 3.06 bits per heavy atom. The fourth-order valence-electron chi connectivity index (χ4n) is 1.28. The molecule has 0 bridgehead atoms. The molecule has 0 saturated carbocycles. The molecule has 2 heterocycles. The molecular weight excluding hydrogens is 226 g/mol. The van der Waals surface area contributed by atoms with Crippen molar-refractivity contribution in [3.8, 4) is 10.7 Å². The molecule has 5 nitrogen and oxygen atoms in total. The topological polar surface area (TPSA) is 57.0 Å². The molecule has 0 aliphatic carbocycles. The summed E-state index contributed by atoms with van der Waals surface area (Å²) in [5.74, 6) is 0.944. The number of rotatable bonds is 3. The lowest BCUT2D eigenvalue weighted by molar-refractivity contribution is -0.139. The molecular formula is C10H11N3O2S. The Kier molecular flexibility index (Phi) is 3.00. The smallest absolute Gasteiger partial charge is 0.313 e. The van der Waals surface area contributed by atoms with Gasteiger partial charge in [-0.2, -0.15) is 5.10 Å². The highest BCUT2D eigenvalue weighted by molar-refractivity contribution is 7.13. The van der Waals surface area contributed by atoms with E-state index in [9.17, 15) is 4.79 Å². The van der Waals surface area contributed by atoms with Gasteiger partial charge in [0.1, 0.15) is 12.2 Å². The summed E-state index contributed by atoms with van der Waals surface area (Å²) in [5.41, 5.74) is 0. The highest BCUT2D eigenvalue weighted by Crippen LogP contribution is 2.21. The number of aromatic nitrogens is 3. The average molecular weight is 237 g/mol. The van der Waals surface area contributed by atoms with Crippen molar-refractivity contribution < 1.29 is 9.53 Å². The second kappa shape index (κ2) is 4.44. The fourth-order valence-corrected chi connectivity index (χ4v) is 1.93. The number of ether oxygens (including phenoxy) is 1. The van der Waals surface area contributed by atoms with Crippen molar-refractivity contribution in [2.24, 2.45) is 7.05 Å². The third-order valence-electron chi connectivity index (χ3n) is 2.12. The first-order valence-corrected chi connectivity index (χ1v) is 5.59. The highest BCUT2D eigenvalue weighted by Gasteiger charge is 2.13. The van der Waals surface area contributed by atoms with Gasteiger partial charge in [0.2, 0.25) is 0 Å². The minimum absolute atomic E-state index is 0.144. The first-order chi connectivity index (χ1) is 7.70. The number of hydrogen-bond donors (Lipinski definition) is 0. The molecule has 0 N–H and O–H groups in total. The summed E-state index contributed by atoms with van der Waals surface area (Å²) in [6.45, 7) is 0. The molecule has 0 fully saturated rings. The maximum absolute atomic E-state index is 11.1. The number of carbonyl (C=O) groups excluding carboxylic acids is 1. The third-order valence-corrected chi connectivity index (χ3v) is 2.99. The lowest BCUT2D eigenvalue weighted by atomic mass is 10.4. The highest BCUT2D eigenvalue weighted by atomic mass is 32.1.